The predicted molar refractivity (Wildman–Crippen MR) is 128 cm³/mol. The van der Waals surface area contributed by atoms with Gasteiger partial charge in [-0.2, -0.15) is 5.10 Å². The van der Waals surface area contributed by atoms with Crippen LogP contribution in [-0.2, 0) is 12.0 Å². The third kappa shape index (κ3) is 5.90. The Morgan fingerprint density at radius 3 is 2.45 bits per heavy atom. The molecule has 3 aromatic rings. The maximum Gasteiger partial charge on any atom is 0.319 e. The molecule has 0 aliphatic carbocycles. The highest BCUT2D eigenvalue weighted by Gasteiger charge is 2.21. The average molecular weight is 472 g/mol. The fourth-order valence-electron chi connectivity index (χ4n) is 3.10. The van der Waals surface area contributed by atoms with E-state index >= 15 is 0 Å². The van der Waals surface area contributed by atoms with Gasteiger partial charge in [0.2, 0.25) is 0 Å². The molecule has 2 aromatic carbocycles. The third-order valence-corrected chi connectivity index (χ3v) is 5.13. The fourth-order valence-corrected chi connectivity index (χ4v) is 3.28. The number of anilines is 1. The Balaban J connectivity index is 1.75. The molecule has 174 valence electrons. The number of aromatic nitrogens is 2. The Morgan fingerprint density at radius 1 is 1.12 bits per heavy atom. The van der Waals surface area contributed by atoms with E-state index in [2.05, 4.69) is 31.4 Å². The van der Waals surface area contributed by atoms with Crippen molar-refractivity contribution in [1.82, 2.24) is 20.0 Å². The van der Waals surface area contributed by atoms with Gasteiger partial charge >= 0.3 is 6.03 Å². The van der Waals surface area contributed by atoms with Crippen molar-refractivity contribution < 1.29 is 14.0 Å². The summed E-state index contributed by atoms with van der Waals surface area (Å²) in [5.74, 6) is -1.16. The highest BCUT2D eigenvalue weighted by atomic mass is 35.5. The number of hydrogen-bond acceptors (Lipinski definition) is 3. The van der Waals surface area contributed by atoms with Crippen LogP contribution in [0.2, 0.25) is 5.02 Å². The first-order valence-corrected chi connectivity index (χ1v) is 10.7. The molecule has 0 fully saturated rings. The zero-order chi connectivity index (χ0) is 24.3. The second-order valence-corrected chi connectivity index (χ2v) is 9.30. The van der Waals surface area contributed by atoms with Crippen LogP contribution in [0.1, 0.15) is 42.5 Å². The lowest BCUT2D eigenvalue weighted by Gasteiger charge is -2.14. The lowest BCUT2D eigenvalue weighted by molar-refractivity contribution is 0.0823. The van der Waals surface area contributed by atoms with Gasteiger partial charge in [-0.25, -0.2) is 13.9 Å². The van der Waals surface area contributed by atoms with E-state index < -0.39 is 17.8 Å². The Kier molecular flexibility index (Phi) is 7.07. The quantitative estimate of drug-likeness (QED) is 0.550. The normalized spacial score (nSPS) is 11.2. The zero-order valence-corrected chi connectivity index (χ0v) is 20.0. The maximum atomic E-state index is 14.3. The van der Waals surface area contributed by atoms with Gasteiger partial charge in [0.1, 0.15) is 5.82 Å². The van der Waals surface area contributed by atoms with Crippen molar-refractivity contribution in [2.45, 2.75) is 32.7 Å². The second kappa shape index (κ2) is 9.62. The Labute approximate surface area is 197 Å². The Bertz CT molecular complexity index is 1180. The summed E-state index contributed by atoms with van der Waals surface area (Å²) < 4.78 is 16.1. The standard InChI is InChI=1S/C24H27ClFN5O2/c1-24(2,3)21-13-18(31(29-21)17-8-6-7-15(25)11-17)14-27-23(33)28-16-9-10-19(20(26)12-16)22(32)30(4)5/h6-13H,14H2,1-5H3,(H2,27,28,33). The minimum Gasteiger partial charge on any atom is -0.345 e. The van der Waals surface area contributed by atoms with E-state index in [0.29, 0.717) is 5.02 Å². The summed E-state index contributed by atoms with van der Waals surface area (Å²) >= 11 is 6.15. The van der Waals surface area contributed by atoms with Crippen LogP contribution in [0.4, 0.5) is 14.9 Å². The molecular weight excluding hydrogens is 445 g/mol. The molecule has 2 N–H and O–H groups in total. The smallest absolute Gasteiger partial charge is 0.319 e. The summed E-state index contributed by atoms with van der Waals surface area (Å²) in [4.78, 5) is 25.7. The van der Waals surface area contributed by atoms with Crippen molar-refractivity contribution in [3.8, 4) is 5.69 Å². The van der Waals surface area contributed by atoms with Gasteiger partial charge < -0.3 is 15.5 Å². The monoisotopic (exact) mass is 471 g/mol. The van der Waals surface area contributed by atoms with Gasteiger partial charge in [-0.05, 0) is 42.5 Å². The number of carbonyl (C=O) groups excluding carboxylic acids is 2. The van der Waals surface area contributed by atoms with Crippen LogP contribution in [0.25, 0.3) is 5.69 Å². The minimum atomic E-state index is -0.708. The van der Waals surface area contributed by atoms with Gasteiger partial charge in [0.25, 0.3) is 5.91 Å². The molecule has 0 aliphatic rings. The molecular formula is C24H27ClFN5O2. The fraction of sp³-hybridized carbons (Fsp3) is 0.292. The van der Waals surface area contributed by atoms with E-state index in [-0.39, 0.29) is 23.2 Å². The summed E-state index contributed by atoms with van der Waals surface area (Å²) in [6, 6.07) is 12.6. The highest BCUT2D eigenvalue weighted by Crippen LogP contribution is 2.25. The first kappa shape index (κ1) is 24.3. The van der Waals surface area contributed by atoms with Crippen molar-refractivity contribution in [3.05, 3.63) is 76.3 Å². The molecule has 0 atom stereocenters. The SMILES string of the molecule is CN(C)C(=O)c1ccc(NC(=O)NCc2cc(C(C)(C)C)nn2-c2cccc(Cl)c2)cc1F. The van der Waals surface area contributed by atoms with Crippen LogP contribution in [-0.4, -0.2) is 40.7 Å². The van der Waals surface area contributed by atoms with Gasteiger partial charge in [-0.1, -0.05) is 38.4 Å². The molecule has 0 aliphatic heterocycles. The van der Waals surface area contributed by atoms with E-state index in [4.69, 9.17) is 16.7 Å². The number of nitrogens with zero attached hydrogens (tertiary/aromatic N) is 3. The number of hydrogen-bond donors (Lipinski definition) is 2. The van der Waals surface area contributed by atoms with Gasteiger partial charge in [-0.3, -0.25) is 4.79 Å². The van der Waals surface area contributed by atoms with Crippen LogP contribution >= 0.6 is 11.6 Å². The van der Waals surface area contributed by atoms with Gasteiger partial charge in [-0.15, -0.1) is 0 Å². The number of carbonyl (C=O) groups is 2. The summed E-state index contributed by atoms with van der Waals surface area (Å²) in [6.45, 7) is 6.35. The summed E-state index contributed by atoms with van der Waals surface area (Å²) in [5, 5.41) is 10.6. The van der Waals surface area contributed by atoms with E-state index in [0.717, 1.165) is 23.1 Å². The molecule has 3 rings (SSSR count). The molecule has 33 heavy (non-hydrogen) atoms. The highest BCUT2D eigenvalue weighted by molar-refractivity contribution is 6.30. The summed E-state index contributed by atoms with van der Waals surface area (Å²) in [6.07, 6.45) is 0. The van der Waals surface area contributed by atoms with E-state index in [1.54, 1.807) is 30.9 Å². The number of benzene rings is 2. The van der Waals surface area contributed by atoms with Crippen LogP contribution in [0.3, 0.4) is 0 Å². The topological polar surface area (TPSA) is 79.3 Å². The van der Waals surface area contributed by atoms with Crippen molar-refractivity contribution in [2.75, 3.05) is 19.4 Å². The number of urea groups is 1. The Morgan fingerprint density at radius 2 is 1.85 bits per heavy atom. The molecule has 0 unspecified atom stereocenters. The largest absolute Gasteiger partial charge is 0.345 e. The van der Waals surface area contributed by atoms with E-state index in [1.807, 2.05) is 18.2 Å². The number of amides is 3. The zero-order valence-electron chi connectivity index (χ0n) is 19.2. The van der Waals surface area contributed by atoms with Crippen LogP contribution < -0.4 is 10.6 Å². The van der Waals surface area contributed by atoms with Gasteiger partial charge in [0.15, 0.2) is 0 Å². The first-order chi connectivity index (χ1) is 15.5. The van der Waals surface area contributed by atoms with Crippen LogP contribution in [0.5, 0.6) is 0 Å². The van der Waals surface area contributed by atoms with Crippen molar-refractivity contribution in [1.29, 1.82) is 0 Å². The summed E-state index contributed by atoms with van der Waals surface area (Å²) in [7, 11) is 3.08. The first-order valence-electron chi connectivity index (χ1n) is 10.4. The second-order valence-electron chi connectivity index (χ2n) is 8.86. The number of nitrogens with one attached hydrogen (secondary N) is 2. The van der Waals surface area contributed by atoms with Crippen LogP contribution in [0, 0.1) is 5.82 Å². The number of halogens is 2. The molecule has 0 saturated carbocycles. The molecule has 3 amide bonds. The molecule has 9 heteroatoms. The van der Waals surface area contributed by atoms with E-state index in [9.17, 15) is 14.0 Å². The van der Waals surface area contributed by atoms with Crippen LogP contribution in [0.15, 0.2) is 48.5 Å². The number of rotatable bonds is 5. The van der Waals surface area contributed by atoms with Crippen molar-refractivity contribution in [3.63, 3.8) is 0 Å². The molecule has 1 aromatic heterocycles. The molecule has 0 radical (unpaired) electrons. The molecule has 0 saturated heterocycles. The van der Waals surface area contributed by atoms with E-state index in [1.165, 1.54) is 17.0 Å². The molecule has 0 spiro atoms. The lowest BCUT2D eigenvalue weighted by Crippen LogP contribution is -2.29. The predicted octanol–water partition coefficient (Wildman–Crippen LogP) is 4.99. The molecule has 0 bridgehead atoms. The third-order valence-electron chi connectivity index (χ3n) is 4.90. The lowest BCUT2D eigenvalue weighted by atomic mass is 9.92. The van der Waals surface area contributed by atoms with Crippen molar-refractivity contribution in [2.24, 2.45) is 0 Å². The maximum absolute atomic E-state index is 14.3. The van der Waals surface area contributed by atoms with Gasteiger partial charge in [0, 0.05) is 30.2 Å². The Hall–Kier alpha value is -3.39. The van der Waals surface area contributed by atoms with Gasteiger partial charge in [0.05, 0.1) is 29.2 Å². The molecule has 7 nitrogen and oxygen atoms in total. The minimum absolute atomic E-state index is 0.0638. The average Bonchev–Trinajstić information content (AvgIpc) is 3.17. The van der Waals surface area contributed by atoms with Crippen molar-refractivity contribution >= 4 is 29.2 Å². The summed E-state index contributed by atoms with van der Waals surface area (Å²) in [5.41, 5.74) is 2.38. The molecule has 1 heterocycles.